The molecule has 1 N–H and O–H groups in total. The highest BCUT2D eigenvalue weighted by atomic mass is 19.4. The smallest absolute Gasteiger partial charge is 0.404 e. The van der Waals surface area contributed by atoms with E-state index in [9.17, 15) is 18.0 Å². The molecule has 2 fully saturated rings. The standard InChI is InChI=1S/C12H19F3N2O2/c13-12(14,15)10(7-11(18)19)17-5-3-16(4-6-17)8-9-1-2-9/h9-10H,1-8H2,(H,18,19). The molecule has 4 nitrogen and oxygen atoms in total. The molecule has 0 radical (unpaired) electrons. The molecule has 1 atom stereocenters. The average Bonchev–Trinajstić information content (AvgIpc) is 3.09. The second-order valence-corrected chi connectivity index (χ2v) is 5.44. The van der Waals surface area contributed by atoms with Crippen molar-refractivity contribution >= 4 is 5.97 Å². The van der Waals surface area contributed by atoms with E-state index in [1.165, 1.54) is 17.7 Å². The van der Waals surface area contributed by atoms with E-state index in [1.54, 1.807) is 0 Å². The first-order chi connectivity index (χ1) is 8.86. The van der Waals surface area contributed by atoms with Crippen molar-refractivity contribution < 1.29 is 23.1 Å². The molecular weight excluding hydrogens is 261 g/mol. The van der Waals surface area contributed by atoms with Gasteiger partial charge in [0.25, 0.3) is 0 Å². The van der Waals surface area contributed by atoms with Crippen molar-refractivity contribution in [1.29, 1.82) is 0 Å². The number of hydrogen-bond donors (Lipinski definition) is 1. The minimum atomic E-state index is -4.48. The highest BCUT2D eigenvalue weighted by molar-refractivity contribution is 5.67. The number of halogens is 3. The first-order valence-electron chi connectivity index (χ1n) is 6.61. The van der Waals surface area contributed by atoms with Crippen LogP contribution in [0.2, 0.25) is 0 Å². The fourth-order valence-corrected chi connectivity index (χ4v) is 2.54. The molecule has 1 heterocycles. The predicted octanol–water partition coefficient (Wildman–Crippen LogP) is 1.42. The molecule has 0 aromatic rings. The van der Waals surface area contributed by atoms with Gasteiger partial charge in [-0.15, -0.1) is 0 Å². The largest absolute Gasteiger partial charge is 0.481 e. The van der Waals surface area contributed by atoms with Crippen molar-refractivity contribution in [3.8, 4) is 0 Å². The first-order valence-corrected chi connectivity index (χ1v) is 6.61. The zero-order valence-electron chi connectivity index (χ0n) is 10.7. The summed E-state index contributed by atoms with van der Waals surface area (Å²) in [6, 6.07) is -1.85. The van der Waals surface area contributed by atoms with Crippen LogP contribution in [0.3, 0.4) is 0 Å². The lowest BCUT2D eigenvalue weighted by atomic mass is 10.1. The molecule has 0 aromatic heterocycles. The zero-order chi connectivity index (χ0) is 14.0. The molecule has 7 heteroatoms. The van der Waals surface area contributed by atoms with Crippen LogP contribution < -0.4 is 0 Å². The molecule has 0 aromatic carbocycles. The second-order valence-electron chi connectivity index (χ2n) is 5.44. The normalized spacial score (nSPS) is 24.4. The van der Waals surface area contributed by atoms with Gasteiger partial charge in [-0.05, 0) is 18.8 Å². The van der Waals surface area contributed by atoms with Crippen LogP contribution in [0, 0.1) is 5.92 Å². The van der Waals surface area contributed by atoms with Gasteiger partial charge in [-0.2, -0.15) is 13.2 Å². The van der Waals surface area contributed by atoms with Crippen LogP contribution in [0.1, 0.15) is 19.3 Å². The third-order valence-corrected chi connectivity index (χ3v) is 3.81. The van der Waals surface area contributed by atoms with Gasteiger partial charge >= 0.3 is 12.1 Å². The quantitative estimate of drug-likeness (QED) is 0.827. The van der Waals surface area contributed by atoms with Gasteiger partial charge in [0, 0.05) is 32.7 Å². The number of rotatable bonds is 5. The van der Waals surface area contributed by atoms with Crippen molar-refractivity contribution in [2.45, 2.75) is 31.5 Å². The Morgan fingerprint density at radius 1 is 1.21 bits per heavy atom. The molecule has 0 spiro atoms. The van der Waals surface area contributed by atoms with E-state index in [-0.39, 0.29) is 0 Å². The molecule has 0 bridgehead atoms. The molecule has 110 valence electrons. The average molecular weight is 280 g/mol. The van der Waals surface area contributed by atoms with E-state index < -0.39 is 24.6 Å². The SMILES string of the molecule is O=C(O)CC(N1CCN(CC2CC2)CC1)C(F)(F)F. The van der Waals surface area contributed by atoms with Gasteiger partial charge in [-0.3, -0.25) is 9.69 Å². The Labute approximate surface area is 110 Å². The molecule has 19 heavy (non-hydrogen) atoms. The number of nitrogens with zero attached hydrogens (tertiary/aromatic N) is 2. The zero-order valence-corrected chi connectivity index (χ0v) is 10.7. The highest BCUT2D eigenvalue weighted by Crippen LogP contribution is 2.31. The molecule has 0 amide bonds. The summed E-state index contributed by atoms with van der Waals surface area (Å²) in [4.78, 5) is 14.0. The highest BCUT2D eigenvalue weighted by Gasteiger charge is 2.45. The lowest BCUT2D eigenvalue weighted by Crippen LogP contribution is -2.55. The van der Waals surface area contributed by atoms with Crippen LogP contribution in [0.4, 0.5) is 13.2 Å². The summed E-state index contributed by atoms with van der Waals surface area (Å²) in [6.45, 7) is 2.77. The van der Waals surface area contributed by atoms with Crippen molar-refractivity contribution in [2.24, 2.45) is 5.92 Å². The Kier molecular flexibility index (Phi) is 4.35. The summed E-state index contributed by atoms with van der Waals surface area (Å²) in [6.07, 6.45) is -2.89. The maximum Gasteiger partial charge on any atom is 0.404 e. The Morgan fingerprint density at radius 2 is 1.79 bits per heavy atom. The van der Waals surface area contributed by atoms with Crippen LogP contribution >= 0.6 is 0 Å². The minimum absolute atomic E-state index is 0.296. The van der Waals surface area contributed by atoms with Gasteiger partial charge in [0.15, 0.2) is 0 Å². The number of carboxylic acid groups (broad SMARTS) is 1. The summed E-state index contributed by atoms with van der Waals surface area (Å²) in [5.74, 6) is -0.674. The molecule has 1 unspecified atom stereocenters. The maximum absolute atomic E-state index is 12.9. The molecule has 2 rings (SSSR count). The predicted molar refractivity (Wildman–Crippen MR) is 62.8 cm³/mol. The first kappa shape index (κ1) is 14.6. The number of alkyl halides is 3. The summed E-state index contributed by atoms with van der Waals surface area (Å²) in [7, 11) is 0. The lowest BCUT2D eigenvalue weighted by molar-refractivity contribution is -0.194. The van der Waals surface area contributed by atoms with Crippen LogP contribution in [-0.4, -0.2) is 65.8 Å². The number of piperazine rings is 1. The topological polar surface area (TPSA) is 43.8 Å². The van der Waals surface area contributed by atoms with Crippen molar-refractivity contribution in [1.82, 2.24) is 9.80 Å². The van der Waals surface area contributed by atoms with E-state index in [0.717, 1.165) is 12.5 Å². The van der Waals surface area contributed by atoms with Crippen LogP contribution in [0.5, 0.6) is 0 Å². The summed E-state index contributed by atoms with van der Waals surface area (Å²) in [5, 5.41) is 8.62. The van der Waals surface area contributed by atoms with Crippen molar-refractivity contribution in [3.63, 3.8) is 0 Å². The van der Waals surface area contributed by atoms with Crippen LogP contribution in [0.15, 0.2) is 0 Å². The monoisotopic (exact) mass is 280 g/mol. The summed E-state index contributed by atoms with van der Waals surface area (Å²) < 4.78 is 38.6. The maximum atomic E-state index is 12.9. The van der Waals surface area contributed by atoms with Gasteiger partial charge in [-0.1, -0.05) is 0 Å². The Hall–Kier alpha value is -0.820. The number of carbonyl (C=O) groups is 1. The summed E-state index contributed by atoms with van der Waals surface area (Å²) >= 11 is 0. The van der Waals surface area contributed by atoms with E-state index in [2.05, 4.69) is 4.90 Å². The van der Waals surface area contributed by atoms with E-state index in [0.29, 0.717) is 26.2 Å². The van der Waals surface area contributed by atoms with E-state index in [4.69, 9.17) is 5.11 Å². The van der Waals surface area contributed by atoms with Gasteiger partial charge in [0.2, 0.25) is 0 Å². The molecule has 1 saturated carbocycles. The van der Waals surface area contributed by atoms with E-state index in [1.807, 2.05) is 0 Å². The van der Waals surface area contributed by atoms with Crippen molar-refractivity contribution in [2.75, 3.05) is 32.7 Å². The number of aliphatic carboxylic acids is 1. The second kappa shape index (κ2) is 5.66. The third-order valence-electron chi connectivity index (χ3n) is 3.81. The van der Waals surface area contributed by atoms with Crippen LogP contribution in [-0.2, 0) is 4.79 Å². The van der Waals surface area contributed by atoms with Crippen molar-refractivity contribution in [3.05, 3.63) is 0 Å². The van der Waals surface area contributed by atoms with E-state index >= 15 is 0 Å². The lowest BCUT2D eigenvalue weighted by Gasteiger charge is -2.39. The Morgan fingerprint density at radius 3 is 2.21 bits per heavy atom. The Balaban J connectivity index is 1.86. The summed E-state index contributed by atoms with van der Waals surface area (Å²) in [5.41, 5.74) is 0. The van der Waals surface area contributed by atoms with Crippen LogP contribution in [0.25, 0.3) is 0 Å². The van der Waals surface area contributed by atoms with Gasteiger partial charge in [-0.25, -0.2) is 0 Å². The number of hydrogen-bond acceptors (Lipinski definition) is 3. The molecule has 2 aliphatic rings. The number of carboxylic acids is 1. The molecular formula is C12H19F3N2O2. The fraction of sp³-hybridized carbons (Fsp3) is 0.917. The Bertz CT molecular complexity index is 323. The molecule has 1 aliphatic carbocycles. The fourth-order valence-electron chi connectivity index (χ4n) is 2.54. The minimum Gasteiger partial charge on any atom is -0.481 e. The molecule has 1 aliphatic heterocycles. The third kappa shape index (κ3) is 4.35. The van der Waals surface area contributed by atoms with Gasteiger partial charge in [0.05, 0.1) is 6.42 Å². The van der Waals surface area contributed by atoms with Gasteiger partial charge in [0.1, 0.15) is 6.04 Å². The van der Waals surface area contributed by atoms with Gasteiger partial charge < -0.3 is 10.0 Å². The molecule has 1 saturated heterocycles.